The van der Waals surface area contributed by atoms with Crippen molar-refractivity contribution in [3.63, 3.8) is 0 Å². The van der Waals surface area contributed by atoms with Crippen LogP contribution >= 0.6 is 0 Å². The van der Waals surface area contributed by atoms with Crippen molar-refractivity contribution in [1.82, 2.24) is 10.6 Å². The van der Waals surface area contributed by atoms with E-state index in [0.717, 1.165) is 13.0 Å². The van der Waals surface area contributed by atoms with Crippen molar-refractivity contribution in [2.75, 3.05) is 13.1 Å². The first-order valence-corrected chi connectivity index (χ1v) is 4.85. The molecule has 0 heterocycles. The average molecular weight is 187 g/mol. The fraction of sp³-hybridized carbons (Fsp3) is 0.889. The maximum Gasteiger partial charge on any atom is 0.236 e. The number of hydrogen-bond donors (Lipinski definition) is 3. The van der Waals surface area contributed by atoms with Gasteiger partial charge in [0, 0.05) is 19.1 Å². The van der Waals surface area contributed by atoms with Crippen LogP contribution in [0.2, 0.25) is 0 Å². The number of nitrogens with one attached hydrogen (secondary N) is 2. The van der Waals surface area contributed by atoms with E-state index in [-0.39, 0.29) is 18.0 Å². The Balaban J connectivity index is 3.68. The highest BCUT2D eigenvalue weighted by molar-refractivity contribution is 5.81. The smallest absolute Gasteiger partial charge is 0.236 e. The topological polar surface area (TPSA) is 67.2 Å². The molecule has 2 unspecified atom stereocenters. The van der Waals surface area contributed by atoms with Crippen LogP contribution in [0.25, 0.3) is 0 Å². The maximum absolute atomic E-state index is 11.3. The first-order valence-electron chi connectivity index (χ1n) is 4.85. The first-order chi connectivity index (χ1) is 6.11. The molecule has 0 spiro atoms. The molecule has 4 heteroatoms. The van der Waals surface area contributed by atoms with Gasteiger partial charge >= 0.3 is 0 Å². The number of nitrogens with two attached hydrogens (primary N) is 1. The Kier molecular flexibility index (Phi) is 6.54. The van der Waals surface area contributed by atoms with E-state index in [4.69, 9.17) is 5.73 Å². The molecule has 0 rings (SSSR count). The number of rotatable bonds is 6. The van der Waals surface area contributed by atoms with Crippen LogP contribution < -0.4 is 16.4 Å². The van der Waals surface area contributed by atoms with Crippen molar-refractivity contribution in [3.8, 4) is 0 Å². The van der Waals surface area contributed by atoms with Crippen molar-refractivity contribution in [2.24, 2.45) is 5.73 Å². The Morgan fingerprint density at radius 3 is 2.54 bits per heavy atom. The van der Waals surface area contributed by atoms with Gasteiger partial charge in [-0.1, -0.05) is 6.92 Å². The summed E-state index contributed by atoms with van der Waals surface area (Å²) in [7, 11) is 0. The predicted octanol–water partition coefficient (Wildman–Crippen LogP) is -0.162. The summed E-state index contributed by atoms with van der Waals surface area (Å²) in [5.41, 5.74) is 5.43. The molecule has 13 heavy (non-hydrogen) atoms. The molecule has 0 aliphatic carbocycles. The van der Waals surface area contributed by atoms with Gasteiger partial charge in [0.1, 0.15) is 0 Å². The molecule has 78 valence electrons. The van der Waals surface area contributed by atoms with Gasteiger partial charge in [0.15, 0.2) is 0 Å². The fourth-order valence-electron chi connectivity index (χ4n) is 0.972. The van der Waals surface area contributed by atoms with Crippen LogP contribution in [0.4, 0.5) is 0 Å². The van der Waals surface area contributed by atoms with E-state index in [0.29, 0.717) is 6.54 Å². The van der Waals surface area contributed by atoms with E-state index >= 15 is 0 Å². The Labute approximate surface area is 80.3 Å². The highest BCUT2D eigenvalue weighted by atomic mass is 16.2. The summed E-state index contributed by atoms with van der Waals surface area (Å²) in [6.07, 6.45) is 0.963. The van der Waals surface area contributed by atoms with Crippen molar-refractivity contribution in [2.45, 2.75) is 39.3 Å². The Hall–Kier alpha value is -0.610. The molecule has 2 atom stereocenters. The van der Waals surface area contributed by atoms with Crippen LogP contribution in [0.3, 0.4) is 0 Å². The number of amides is 1. The molecule has 0 aliphatic heterocycles. The minimum absolute atomic E-state index is 0.0437. The Bertz CT molecular complexity index is 150. The van der Waals surface area contributed by atoms with E-state index in [9.17, 15) is 4.79 Å². The van der Waals surface area contributed by atoms with Gasteiger partial charge in [0.2, 0.25) is 5.91 Å². The number of hydrogen-bond acceptors (Lipinski definition) is 3. The van der Waals surface area contributed by atoms with Gasteiger partial charge in [-0.25, -0.2) is 0 Å². The van der Waals surface area contributed by atoms with Gasteiger partial charge in [0.05, 0.1) is 6.04 Å². The molecule has 0 saturated heterocycles. The summed E-state index contributed by atoms with van der Waals surface area (Å²) >= 11 is 0. The average Bonchev–Trinajstić information content (AvgIpc) is 2.13. The predicted molar refractivity (Wildman–Crippen MR) is 54.4 cm³/mol. The fourth-order valence-corrected chi connectivity index (χ4v) is 0.972. The number of carbonyl (C=O) groups is 1. The molecule has 1 amide bonds. The minimum atomic E-state index is -0.162. The lowest BCUT2D eigenvalue weighted by molar-refractivity contribution is -0.122. The molecule has 4 N–H and O–H groups in total. The summed E-state index contributed by atoms with van der Waals surface area (Å²) in [6.45, 7) is 7.12. The zero-order valence-corrected chi connectivity index (χ0v) is 8.76. The van der Waals surface area contributed by atoms with Crippen molar-refractivity contribution in [1.29, 1.82) is 0 Å². The second-order valence-corrected chi connectivity index (χ2v) is 3.32. The SMILES string of the molecule is CCCNC(=O)C(C)NC(C)CN. The standard InChI is InChI=1S/C9H21N3O/c1-4-5-11-9(13)8(3)12-7(2)6-10/h7-8,12H,4-6,10H2,1-3H3,(H,11,13). The number of carbonyl (C=O) groups excluding carboxylic acids is 1. The van der Waals surface area contributed by atoms with Crippen molar-refractivity contribution in [3.05, 3.63) is 0 Å². The maximum atomic E-state index is 11.3. The minimum Gasteiger partial charge on any atom is -0.355 e. The third kappa shape index (κ3) is 5.60. The highest BCUT2D eigenvalue weighted by Crippen LogP contribution is 1.86. The van der Waals surface area contributed by atoms with Gasteiger partial charge in [-0.3, -0.25) is 4.79 Å². The summed E-state index contributed by atoms with van der Waals surface area (Å²) < 4.78 is 0. The molecule has 0 aromatic heterocycles. The largest absolute Gasteiger partial charge is 0.355 e. The lowest BCUT2D eigenvalue weighted by atomic mass is 10.2. The van der Waals surface area contributed by atoms with Crippen LogP contribution in [-0.4, -0.2) is 31.1 Å². The van der Waals surface area contributed by atoms with E-state index in [1.54, 1.807) is 0 Å². The zero-order chi connectivity index (χ0) is 10.3. The highest BCUT2D eigenvalue weighted by Gasteiger charge is 2.13. The summed E-state index contributed by atoms with van der Waals surface area (Å²) in [5.74, 6) is 0.0437. The normalized spacial score (nSPS) is 15.1. The van der Waals surface area contributed by atoms with E-state index in [1.807, 2.05) is 20.8 Å². The second kappa shape index (κ2) is 6.86. The third-order valence-electron chi connectivity index (χ3n) is 1.83. The molecule has 0 radical (unpaired) electrons. The third-order valence-corrected chi connectivity index (χ3v) is 1.83. The van der Waals surface area contributed by atoms with E-state index in [2.05, 4.69) is 10.6 Å². The van der Waals surface area contributed by atoms with E-state index < -0.39 is 0 Å². The second-order valence-electron chi connectivity index (χ2n) is 3.32. The molecule has 0 saturated carbocycles. The van der Waals surface area contributed by atoms with Gasteiger partial charge in [-0.2, -0.15) is 0 Å². The Morgan fingerprint density at radius 1 is 1.46 bits per heavy atom. The van der Waals surface area contributed by atoms with Gasteiger partial charge in [-0.15, -0.1) is 0 Å². The first kappa shape index (κ1) is 12.4. The molecule has 0 aromatic rings. The summed E-state index contributed by atoms with van der Waals surface area (Å²) in [4.78, 5) is 11.3. The molecular formula is C9H21N3O. The van der Waals surface area contributed by atoms with Crippen LogP contribution in [0.1, 0.15) is 27.2 Å². The zero-order valence-electron chi connectivity index (χ0n) is 8.76. The lowest BCUT2D eigenvalue weighted by Gasteiger charge is -2.17. The molecule has 0 aliphatic rings. The van der Waals surface area contributed by atoms with Crippen LogP contribution in [0.15, 0.2) is 0 Å². The van der Waals surface area contributed by atoms with Crippen LogP contribution in [0, 0.1) is 0 Å². The van der Waals surface area contributed by atoms with Crippen LogP contribution in [-0.2, 0) is 4.79 Å². The van der Waals surface area contributed by atoms with Crippen molar-refractivity contribution < 1.29 is 4.79 Å². The Morgan fingerprint density at radius 2 is 2.08 bits per heavy atom. The summed E-state index contributed by atoms with van der Waals surface area (Å²) in [5, 5.41) is 5.92. The molecule has 4 nitrogen and oxygen atoms in total. The summed E-state index contributed by atoms with van der Waals surface area (Å²) in [6, 6.07) is 0.0208. The van der Waals surface area contributed by atoms with Gasteiger partial charge < -0.3 is 16.4 Å². The van der Waals surface area contributed by atoms with E-state index in [1.165, 1.54) is 0 Å². The van der Waals surface area contributed by atoms with Crippen molar-refractivity contribution >= 4 is 5.91 Å². The molecular weight excluding hydrogens is 166 g/mol. The quantitative estimate of drug-likeness (QED) is 0.541. The van der Waals surface area contributed by atoms with Gasteiger partial charge in [0.25, 0.3) is 0 Å². The monoisotopic (exact) mass is 187 g/mol. The van der Waals surface area contributed by atoms with Gasteiger partial charge in [-0.05, 0) is 20.3 Å². The molecule has 0 aromatic carbocycles. The molecule has 0 bridgehead atoms. The molecule has 0 fully saturated rings. The van der Waals surface area contributed by atoms with Crippen LogP contribution in [0.5, 0.6) is 0 Å². The lowest BCUT2D eigenvalue weighted by Crippen LogP contribution is -2.47.